The molecule has 5 nitrogen and oxygen atoms in total. The van der Waals surface area contributed by atoms with E-state index in [1.165, 1.54) is 6.07 Å². The Kier molecular flexibility index (Phi) is 3.27. The van der Waals surface area contributed by atoms with Crippen LogP contribution in [-0.2, 0) is 13.1 Å². The molecule has 0 saturated carbocycles. The topological polar surface area (TPSA) is 65.8 Å². The zero-order valence-corrected chi connectivity index (χ0v) is 9.84. The summed E-state index contributed by atoms with van der Waals surface area (Å²) < 4.78 is 3.71. The summed E-state index contributed by atoms with van der Waals surface area (Å²) in [5, 5.41) is 0. The molecule has 0 aliphatic heterocycles. The van der Waals surface area contributed by atoms with Gasteiger partial charge in [0.2, 0.25) is 0 Å². The lowest BCUT2D eigenvalue weighted by molar-refractivity contribution is 0.546. The molecule has 0 spiro atoms. The number of aromatic nitrogens is 3. The summed E-state index contributed by atoms with van der Waals surface area (Å²) in [7, 11) is 0. The van der Waals surface area contributed by atoms with Gasteiger partial charge in [-0.05, 0) is 19.4 Å². The molecule has 0 amide bonds. The molecule has 2 N–H and O–H groups in total. The van der Waals surface area contributed by atoms with Crippen LogP contribution in [-0.4, -0.2) is 14.1 Å². The van der Waals surface area contributed by atoms with Crippen molar-refractivity contribution in [3.63, 3.8) is 0 Å². The Balaban J connectivity index is 1.97. The van der Waals surface area contributed by atoms with E-state index in [0.717, 1.165) is 18.8 Å². The second-order valence-corrected chi connectivity index (χ2v) is 4.02. The lowest BCUT2D eigenvalue weighted by Crippen LogP contribution is -2.19. The Hall–Kier alpha value is -2.04. The zero-order chi connectivity index (χ0) is 12.3. The van der Waals surface area contributed by atoms with Crippen molar-refractivity contribution in [1.82, 2.24) is 14.1 Å². The predicted octanol–water partition coefficient (Wildman–Crippen LogP) is 1.03. The van der Waals surface area contributed by atoms with E-state index < -0.39 is 0 Å². The van der Waals surface area contributed by atoms with Crippen molar-refractivity contribution in [2.45, 2.75) is 26.4 Å². The summed E-state index contributed by atoms with van der Waals surface area (Å²) in [5.41, 5.74) is 6.24. The molecule has 0 saturated heterocycles. The van der Waals surface area contributed by atoms with Crippen LogP contribution >= 0.6 is 0 Å². The number of nitrogens with zero attached hydrogens (tertiary/aromatic N) is 3. The standard InChI is InChI=1S/C12H16N4O/c1-10-14-5-8-15(10)6-2-7-16-9-11(13)3-4-12(16)17/h3-5,8-9H,2,6-7,13H2,1H3. The molecule has 2 heterocycles. The van der Waals surface area contributed by atoms with Gasteiger partial charge >= 0.3 is 0 Å². The maximum atomic E-state index is 11.5. The highest BCUT2D eigenvalue weighted by molar-refractivity contribution is 5.33. The average molecular weight is 232 g/mol. The maximum Gasteiger partial charge on any atom is 0.250 e. The molecule has 0 aromatic carbocycles. The van der Waals surface area contributed by atoms with Gasteiger partial charge in [0.15, 0.2) is 0 Å². The highest BCUT2D eigenvalue weighted by atomic mass is 16.1. The van der Waals surface area contributed by atoms with Crippen molar-refractivity contribution in [3.8, 4) is 0 Å². The minimum Gasteiger partial charge on any atom is -0.398 e. The molecule has 90 valence electrons. The van der Waals surface area contributed by atoms with Gasteiger partial charge < -0.3 is 14.9 Å². The minimum atomic E-state index is -0.0125. The molecule has 17 heavy (non-hydrogen) atoms. The summed E-state index contributed by atoms with van der Waals surface area (Å²) >= 11 is 0. The van der Waals surface area contributed by atoms with E-state index in [1.807, 2.05) is 13.1 Å². The number of aryl methyl sites for hydroxylation is 3. The van der Waals surface area contributed by atoms with Crippen molar-refractivity contribution in [2.24, 2.45) is 0 Å². The van der Waals surface area contributed by atoms with Gasteiger partial charge in [-0.25, -0.2) is 4.98 Å². The van der Waals surface area contributed by atoms with Gasteiger partial charge in [-0.2, -0.15) is 0 Å². The SMILES string of the molecule is Cc1nccn1CCCn1cc(N)ccc1=O. The quantitative estimate of drug-likeness (QED) is 0.856. The van der Waals surface area contributed by atoms with E-state index in [2.05, 4.69) is 9.55 Å². The molecule has 0 aliphatic rings. The van der Waals surface area contributed by atoms with Crippen LogP contribution in [0, 0.1) is 6.92 Å². The molecule has 0 unspecified atom stereocenters. The first-order valence-electron chi connectivity index (χ1n) is 5.60. The normalized spacial score (nSPS) is 10.6. The first-order valence-corrected chi connectivity index (χ1v) is 5.60. The molecule has 2 aromatic rings. The number of nitrogens with two attached hydrogens (primary N) is 1. The average Bonchev–Trinajstić information content (AvgIpc) is 2.70. The van der Waals surface area contributed by atoms with Crippen LogP contribution in [0.15, 0.2) is 35.5 Å². The third kappa shape index (κ3) is 2.75. The monoisotopic (exact) mass is 232 g/mol. The van der Waals surface area contributed by atoms with Gasteiger partial charge in [0.25, 0.3) is 5.56 Å². The molecule has 2 rings (SSSR count). The number of anilines is 1. The fourth-order valence-corrected chi connectivity index (χ4v) is 1.78. The largest absolute Gasteiger partial charge is 0.398 e. The zero-order valence-electron chi connectivity index (χ0n) is 9.84. The highest BCUT2D eigenvalue weighted by Crippen LogP contribution is 2.00. The number of nitrogen functional groups attached to an aromatic ring is 1. The fraction of sp³-hybridized carbons (Fsp3) is 0.333. The van der Waals surface area contributed by atoms with E-state index >= 15 is 0 Å². The summed E-state index contributed by atoms with van der Waals surface area (Å²) in [5.74, 6) is 0.991. The number of pyridine rings is 1. The van der Waals surface area contributed by atoms with Gasteiger partial charge in [-0.15, -0.1) is 0 Å². The smallest absolute Gasteiger partial charge is 0.250 e. The van der Waals surface area contributed by atoms with Crippen LogP contribution in [0.5, 0.6) is 0 Å². The number of imidazole rings is 1. The van der Waals surface area contributed by atoms with E-state index in [1.54, 1.807) is 23.0 Å². The van der Waals surface area contributed by atoms with Gasteiger partial charge in [-0.3, -0.25) is 4.79 Å². The van der Waals surface area contributed by atoms with E-state index in [9.17, 15) is 4.79 Å². The van der Waals surface area contributed by atoms with Crippen LogP contribution in [0.3, 0.4) is 0 Å². The summed E-state index contributed by atoms with van der Waals surface area (Å²) in [6.45, 7) is 3.49. The van der Waals surface area contributed by atoms with E-state index in [4.69, 9.17) is 5.73 Å². The summed E-state index contributed by atoms with van der Waals surface area (Å²) in [6, 6.07) is 3.12. The van der Waals surface area contributed by atoms with E-state index in [0.29, 0.717) is 12.2 Å². The lowest BCUT2D eigenvalue weighted by Gasteiger charge is -2.07. The minimum absolute atomic E-state index is 0.0125. The Labute approximate surface area is 99.5 Å². The molecule has 0 atom stereocenters. The maximum absolute atomic E-state index is 11.5. The van der Waals surface area contributed by atoms with Crippen molar-refractivity contribution in [3.05, 3.63) is 46.9 Å². The Bertz CT molecular complexity index is 556. The van der Waals surface area contributed by atoms with Crippen LogP contribution < -0.4 is 11.3 Å². The first kappa shape index (κ1) is 11.4. The first-order chi connectivity index (χ1) is 8.16. The molecule has 0 fully saturated rings. The third-order valence-electron chi connectivity index (χ3n) is 2.73. The second kappa shape index (κ2) is 4.86. The van der Waals surface area contributed by atoms with Gasteiger partial charge in [0.05, 0.1) is 0 Å². The molecule has 0 aliphatic carbocycles. The second-order valence-electron chi connectivity index (χ2n) is 4.02. The Morgan fingerprint density at radius 1 is 1.29 bits per heavy atom. The third-order valence-corrected chi connectivity index (χ3v) is 2.73. The number of rotatable bonds is 4. The molecule has 5 heteroatoms. The van der Waals surface area contributed by atoms with E-state index in [-0.39, 0.29) is 5.56 Å². The molecule has 0 radical (unpaired) electrons. The van der Waals surface area contributed by atoms with Crippen molar-refractivity contribution >= 4 is 5.69 Å². The van der Waals surface area contributed by atoms with Crippen molar-refractivity contribution in [1.29, 1.82) is 0 Å². The predicted molar refractivity (Wildman–Crippen MR) is 66.7 cm³/mol. The highest BCUT2D eigenvalue weighted by Gasteiger charge is 1.99. The Morgan fingerprint density at radius 2 is 2.06 bits per heavy atom. The van der Waals surface area contributed by atoms with Crippen LogP contribution in [0.2, 0.25) is 0 Å². The molecular weight excluding hydrogens is 216 g/mol. The summed E-state index contributed by atoms with van der Waals surface area (Å²) in [4.78, 5) is 15.7. The molecule has 0 bridgehead atoms. The van der Waals surface area contributed by atoms with Crippen LogP contribution in [0.4, 0.5) is 5.69 Å². The van der Waals surface area contributed by atoms with Crippen molar-refractivity contribution in [2.75, 3.05) is 5.73 Å². The van der Waals surface area contributed by atoms with Crippen LogP contribution in [0.25, 0.3) is 0 Å². The van der Waals surface area contributed by atoms with Gasteiger partial charge in [0, 0.05) is 43.4 Å². The Morgan fingerprint density at radius 3 is 2.76 bits per heavy atom. The lowest BCUT2D eigenvalue weighted by atomic mass is 10.3. The fourth-order valence-electron chi connectivity index (χ4n) is 1.78. The van der Waals surface area contributed by atoms with Crippen LogP contribution in [0.1, 0.15) is 12.2 Å². The molecule has 2 aromatic heterocycles. The number of hydrogen-bond donors (Lipinski definition) is 1. The number of hydrogen-bond acceptors (Lipinski definition) is 3. The van der Waals surface area contributed by atoms with Crippen molar-refractivity contribution < 1.29 is 0 Å². The molecular formula is C12H16N4O. The van der Waals surface area contributed by atoms with Gasteiger partial charge in [0.1, 0.15) is 5.82 Å². The summed E-state index contributed by atoms with van der Waals surface area (Å²) in [6.07, 6.45) is 6.28. The van der Waals surface area contributed by atoms with Gasteiger partial charge in [-0.1, -0.05) is 0 Å².